The molecule has 1 aromatic carbocycles. The van der Waals surface area contributed by atoms with Crippen LogP contribution < -0.4 is 4.74 Å². The summed E-state index contributed by atoms with van der Waals surface area (Å²) in [4.78, 5) is 10.3. The van der Waals surface area contributed by atoms with Crippen molar-refractivity contribution in [2.45, 2.75) is 20.8 Å². The van der Waals surface area contributed by atoms with Crippen LogP contribution in [0.3, 0.4) is 0 Å². The third kappa shape index (κ3) is 3.91. The Kier molecular flexibility index (Phi) is 5.47. The lowest BCUT2D eigenvalue weighted by atomic mass is 9.99. The van der Waals surface area contributed by atoms with Gasteiger partial charge in [0.1, 0.15) is 5.75 Å². The lowest BCUT2D eigenvalue weighted by molar-refractivity contribution is -0.385. The van der Waals surface area contributed by atoms with E-state index in [1.807, 2.05) is 6.92 Å². The zero-order valence-electron chi connectivity index (χ0n) is 10.9. The van der Waals surface area contributed by atoms with E-state index in [0.29, 0.717) is 24.2 Å². The molecule has 18 heavy (non-hydrogen) atoms. The van der Waals surface area contributed by atoms with E-state index >= 15 is 0 Å². The molecule has 0 N–H and O–H groups in total. The van der Waals surface area contributed by atoms with Crippen LogP contribution in [0.25, 0.3) is 0 Å². The number of aryl methyl sites for hydroxylation is 1. The summed E-state index contributed by atoms with van der Waals surface area (Å²) in [6.45, 7) is 6.64. The van der Waals surface area contributed by atoms with Gasteiger partial charge >= 0.3 is 0 Å². The number of nitro benzene ring substituents is 1. The van der Waals surface area contributed by atoms with E-state index in [0.717, 1.165) is 11.3 Å². The molecule has 0 fully saturated rings. The molecule has 4 nitrogen and oxygen atoms in total. The molecule has 100 valence electrons. The molecule has 0 heterocycles. The van der Waals surface area contributed by atoms with Crippen molar-refractivity contribution in [2.75, 3.05) is 12.4 Å². The number of non-ortho nitro benzene ring substituents is 1. The smallest absolute Gasteiger partial charge is 0.273 e. The normalized spacial score (nSPS) is 12.5. The van der Waals surface area contributed by atoms with Gasteiger partial charge < -0.3 is 4.74 Å². The molecule has 1 rings (SSSR count). The van der Waals surface area contributed by atoms with Gasteiger partial charge in [-0.05, 0) is 30.2 Å². The first-order valence-corrected chi connectivity index (χ1v) is 6.57. The fourth-order valence-electron chi connectivity index (χ4n) is 1.51. The van der Waals surface area contributed by atoms with Crippen LogP contribution in [-0.2, 0) is 0 Å². The van der Waals surface area contributed by atoms with Gasteiger partial charge in [-0.1, -0.05) is 13.8 Å². The van der Waals surface area contributed by atoms with Crippen molar-refractivity contribution in [3.63, 3.8) is 0 Å². The van der Waals surface area contributed by atoms with Crippen LogP contribution in [0.1, 0.15) is 19.4 Å². The second-order valence-electron chi connectivity index (χ2n) is 4.70. The van der Waals surface area contributed by atoms with Gasteiger partial charge in [-0.25, -0.2) is 0 Å². The largest absolute Gasteiger partial charge is 0.493 e. The van der Waals surface area contributed by atoms with Gasteiger partial charge in [0, 0.05) is 12.0 Å². The van der Waals surface area contributed by atoms with Crippen LogP contribution in [0.15, 0.2) is 18.2 Å². The molecule has 0 aliphatic heterocycles. The predicted molar refractivity (Wildman–Crippen MR) is 75.5 cm³/mol. The molecule has 5 heteroatoms. The Labute approximate surface area is 113 Å². The van der Waals surface area contributed by atoms with Crippen molar-refractivity contribution in [2.24, 2.45) is 11.8 Å². The monoisotopic (exact) mass is 269 g/mol. The molecule has 0 aliphatic carbocycles. The molecule has 0 amide bonds. The highest BCUT2D eigenvalue weighted by atomic mass is 32.1. The summed E-state index contributed by atoms with van der Waals surface area (Å²) >= 11 is 4.29. The number of hydrogen-bond acceptors (Lipinski definition) is 4. The van der Waals surface area contributed by atoms with Crippen LogP contribution in [0.5, 0.6) is 5.75 Å². The highest BCUT2D eigenvalue weighted by molar-refractivity contribution is 7.80. The molecule has 1 aromatic rings. The molecule has 0 saturated heterocycles. The first-order chi connectivity index (χ1) is 8.45. The number of benzene rings is 1. The van der Waals surface area contributed by atoms with Crippen molar-refractivity contribution < 1.29 is 9.66 Å². The van der Waals surface area contributed by atoms with E-state index in [1.54, 1.807) is 6.07 Å². The quantitative estimate of drug-likeness (QED) is 0.488. The molecule has 0 saturated carbocycles. The Hall–Kier alpha value is -1.23. The Bertz CT molecular complexity index is 421. The second kappa shape index (κ2) is 6.64. The zero-order valence-corrected chi connectivity index (χ0v) is 11.8. The third-order valence-corrected chi connectivity index (χ3v) is 3.48. The van der Waals surface area contributed by atoms with E-state index in [9.17, 15) is 10.1 Å². The minimum Gasteiger partial charge on any atom is -0.493 e. The fraction of sp³-hybridized carbons (Fsp3) is 0.538. The van der Waals surface area contributed by atoms with E-state index < -0.39 is 4.92 Å². The summed E-state index contributed by atoms with van der Waals surface area (Å²) < 4.78 is 5.69. The molecule has 1 unspecified atom stereocenters. The average molecular weight is 269 g/mol. The molecule has 0 spiro atoms. The third-order valence-electron chi connectivity index (χ3n) is 3.01. The maximum atomic E-state index is 10.7. The molecule has 0 aliphatic rings. The molecule has 0 radical (unpaired) electrons. The second-order valence-corrected chi connectivity index (χ2v) is 5.07. The summed E-state index contributed by atoms with van der Waals surface area (Å²) in [5.74, 6) is 2.14. The SMILES string of the molecule is Cc1ccc([N+](=O)[O-])cc1OCC(CS)C(C)C. The van der Waals surface area contributed by atoms with Crippen molar-refractivity contribution >= 4 is 18.3 Å². The van der Waals surface area contributed by atoms with E-state index in [-0.39, 0.29) is 5.69 Å². The average Bonchev–Trinajstić information content (AvgIpc) is 2.31. The van der Waals surface area contributed by atoms with Gasteiger partial charge in [-0.2, -0.15) is 12.6 Å². The summed E-state index contributed by atoms with van der Waals surface area (Å²) in [7, 11) is 0. The summed E-state index contributed by atoms with van der Waals surface area (Å²) in [5, 5.41) is 10.7. The minimum absolute atomic E-state index is 0.0579. The summed E-state index contributed by atoms with van der Waals surface area (Å²) in [6, 6.07) is 4.67. The van der Waals surface area contributed by atoms with Gasteiger partial charge in [-0.3, -0.25) is 10.1 Å². The molecular formula is C13H19NO3S. The number of thiol groups is 1. The van der Waals surface area contributed by atoms with Crippen LogP contribution in [0.2, 0.25) is 0 Å². The summed E-state index contributed by atoms with van der Waals surface area (Å²) in [6.07, 6.45) is 0. The predicted octanol–water partition coefficient (Wildman–Crippen LogP) is 3.48. The Morgan fingerprint density at radius 3 is 2.61 bits per heavy atom. The maximum absolute atomic E-state index is 10.7. The molecule has 1 atom stereocenters. The number of hydrogen-bond donors (Lipinski definition) is 1. The van der Waals surface area contributed by atoms with Gasteiger partial charge in [0.2, 0.25) is 0 Å². The van der Waals surface area contributed by atoms with Gasteiger partial charge in [0.05, 0.1) is 17.6 Å². The van der Waals surface area contributed by atoms with E-state index in [2.05, 4.69) is 26.5 Å². The topological polar surface area (TPSA) is 52.4 Å². The number of ether oxygens (including phenoxy) is 1. The first-order valence-electron chi connectivity index (χ1n) is 5.94. The Morgan fingerprint density at radius 2 is 2.11 bits per heavy atom. The lowest BCUT2D eigenvalue weighted by Crippen LogP contribution is -2.19. The van der Waals surface area contributed by atoms with Crippen LogP contribution in [0, 0.1) is 28.9 Å². The van der Waals surface area contributed by atoms with Crippen molar-refractivity contribution in [3.05, 3.63) is 33.9 Å². The highest BCUT2D eigenvalue weighted by Gasteiger charge is 2.14. The first kappa shape index (κ1) is 14.8. The van der Waals surface area contributed by atoms with Gasteiger partial charge in [-0.15, -0.1) is 0 Å². The zero-order chi connectivity index (χ0) is 13.7. The van der Waals surface area contributed by atoms with Crippen LogP contribution in [-0.4, -0.2) is 17.3 Å². The minimum atomic E-state index is -0.412. The standard InChI is InChI=1S/C13H19NO3S/c1-9(2)11(8-18)7-17-13-6-12(14(15)16)5-4-10(13)3/h4-6,9,11,18H,7-8H2,1-3H3. The maximum Gasteiger partial charge on any atom is 0.273 e. The highest BCUT2D eigenvalue weighted by Crippen LogP contribution is 2.25. The summed E-state index contributed by atoms with van der Waals surface area (Å²) in [5.41, 5.74) is 0.963. The number of rotatable bonds is 6. The Balaban J connectivity index is 2.77. The lowest BCUT2D eigenvalue weighted by Gasteiger charge is -2.19. The Morgan fingerprint density at radius 1 is 1.44 bits per heavy atom. The number of nitrogens with zero attached hydrogens (tertiary/aromatic N) is 1. The van der Waals surface area contributed by atoms with Gasteiger partial charge in [0.25, 0.3) is 5.69 Å². The van der Waals surface area contributed by atoms with Crippen molar-refractivity contribution in [1.82, 2.24) is 0 Å². The van der Waals surface area contributed by atoms with Gasteiger partial charge in [0.15, 0.2) is 0 Å². The molecule has 0 bridgehead atoms. The van der Waals surface area contributed by atoms with Crippen molar-refractivity contribution in [1.29, 1.82) is 0 Å². The van der Waals surface area contributed by atoms with Crippen LogP contribution in [0.4, 0.5) is 5.69 Å². The van der Waals surface area contributed by atoms with Crippen molar-refractivity contribution in [3.8, 4) is 5.75 Å². The molecule has 0 aromatic heterocycles. The molecular weight excluding hydrogens is 250 g/mol. The number of nitro groups is 1. The van der Waals surface area contributed by atoms with Crippen LogP contribution >= 0.6 is 12.6 Å². The van der Waals surface area contributed by atoms with E-state index in [4.69, 9.17) is 4.74 Å². The van der Waals surface area contributed by atoms with E-state index in [1.165, 1.54) is 12.1 Å². The fourth-order valence-corrected chi connectivity index (χ4v) is 2.04.